The number of nitrogens with one attached hydrogen (secondary N) is 2. The summed E-state index contributed by atoms with van der Waals surface area (Å²) in [5.74, 6) is 0.0926. The predicted molar refractivity (Wildman–Crippen MR) is 95.6 cm³/mol. The van der Waals surface area contributed by atoms with Crippen LogP contribution in [-0.2, 0) is 24.2 Å². The lowest BCUT2D eigenvalue weighted by Gasteiger charge is -2.27. The van der Waals surface area contributed by atoms with Crippen molar-refractivity contribution >= 4 is 28.4 Å². The maximum absolute atomic E-state index is 12.6. The van der Waals surface area contributed by atoms with Gasteiger partial charge in [-0.3, -0.25) is 9.59 Å². The van der Waals surface area contributed by atoms with E-state index in [1.54, 1.807) is 6.07 Å². The second-order valence-corrected chi connectivity index (χ2v) is 6.63. The highest BCUT2D eigenvalue weighted by Crippen LogP contribution is 2.31. The summed E-state index contributed by atoms with van der Waals surface area (Å²) in [4.78, 5) is 28.9. The molecule has 0 atom stereocenters. The van der Waals surface area contributed by atoms with Crippen LogP contribution in [-0.4, -0.2) is 32.5 Å². The van der Waals surface area contributed by atoms with Crippen molar-refractivity contribution in [3.05, 3.63) is 62.7 Å². The van der Waals surface area contributed by atoms with Crippen LogP contribution in [0, 0.1) is 0 Å². The van der Waals surface area contributed by atoms with Crippen LogP contribution in [0.15, 0.2) is 35.1 Å². The molecule has 6 nitrogen and oxygen atoms in total. The van der Waals surface area contributed by atoms with Gasteiger partial charge in [0.1, 0.15) is 0 Å². The van der Waals surface area contributed by atoms with Gasteiger partial charge in [-0.1, -0.05) is 23.7 Å². The molecule has 128 valence electrons. The number of halogens is 1. The summed E-state index contributed by atoms with van der Waals surface area (Å²) in [6.07, 6.45) is 1.68. The number of fused-ring (bicyclic) bond motifs is 3. The van der Waals surface area contributed by atoms with Crippen molar-refractivity contribution < 1.29 is 4.79 Å². The molecule has 25 heavy (non-hydrogen) atoms. The number of benzene rings is 1. The van der Waals surface area contributed by atoms with E-state index in [0.717, 1.165) is 28.6 Å². The Morgan fingerprint density at radius 2 is 2.16 bits per heavy atom. The second-order valence-electron chi connectivity index (χ2n) is 6.22. The summed E-state index contributed by atoms with van der Waals surface area (Å²) in [5, 5.41) is 8.12. The Bertz CT molecular complexity index is 987. The summed E-state index contributed by atoms with van der Waals surface area (Å²) in [5.41, 5.74) is 3.73. The van der Waals surface area contributed by atoms with Gasteiger partial charge in [0.2, 0.25) is 5.91 Å². The number of aryl methyl sites for hydroxylation is 1. The van der Waals surface area contributed by atoms with E-state index in [-0.39, 0.29) is 11.5 Å². The van der Waals surface area contributed by atoms with Crippen molar-refractivity contribution in [2.24, 2.45) is 0 Å². The van der Waals surface area contributed by atoms with Crippen LogP contribution in [0.4, 0.5) is 0 Å². The Labute approximate surface area is 148 Å². The first kappa shape index (κ1) is 15.9. The fourth-order valence-electron chi connectivity index (χ4n) is 3.32. The molecular weight excluding hydrogens is 340 g/mol. The van der Waals surface area contributed by atoms with E-state index in [2.05, 4.69) is 15.2 Å². The number of carbonyl (C=O) groups excluding carboxylic acids is 1. The molecule has 2 N–H and O–H groups in total. The van der Waals surface area contributed by atoms with Crippen molar-refractivity contribution in [2.45, 2.75) is 25.8 Å². The first-order valence-electron chi connectivity index (χ1n) is 8.22. The Morgan fingerprint density at radius 1 is 1.28 bits per heavy atom. The normalized spacial score (nSPS) is 13.9. The lowest BCUT2D eigenvalue weighted by Crippen LogP contribution is -2.36. The quantitative estimate of drug-likeness (QED) is 0.756. The van der Waals surface area contributed by atoms with Crippen LogP contribution in [0.1, 0.15) is 23.4 Å². The Balaban J connectivity index is 1.49. The fourth-order valence-corrected chi connectivity index (χ4v) is 3.54. The first-order valence-corrected chi connectivity index (χ1v) is 8.60. The van der Waals surface area contributed by atoms with E-state index in [0.29, 0.717) is 36.6 Å². The third kappa shape index (κ3) is 3.05. The maximum atomic E-state index is 12.6. The number of aromatic nitrogens is 3. The molecule has 4 rings (SSSR count). The average Bonchev–Trinajstić information content (AvgIpc) is 3.00. The lowest BCUT2D eigenvalue weighted by molar-refractivity contribution is -0.132. The summed E-state index contributed by atoms with van der Waals surface area (Å²) >= 11 is 6.26. The molecule has 3 heterocycles. The van der Waals surface area contributed by atoms with Gasteiger partial charge in [-0.05, 0) is 12.1 Å². The zero-order chi connectivity index (χ0) is 17.4. The number of rotatable bonds is 3. The van der Waals surface area contributed by atoms with Gasteiger partial charge in [0.15, 0.2) is 0 Å². The molecule has 1 aromatic carbocycles. The molecule has 2 aromatic heterocycles. The lowest BCUT2D eigenvalue weighted by atomic mass is 10.0. The van der Waals surface area contributed by atoms with E-state index in [1.165, 1.54) is 6.07 Å². The maximum Gasteiger partial charge on any atom is 0.264 e. The minimum atomic E-state index is -0.239. The number of hydrogen-bond acceptors (Lipinski definition) is 3. The van der Waals surface area contributed by atoms with E-state index in [4.69, 9.17) is 11.6 Å². The average molecular weight is 357 g/mol. The van der Waals surface area contributed by atoms with Gasteiger partial charge in [-0.25, -0.2) is 5.10 Å². The number of carbonyl (C=O) groups is 1. The number of H-pyrrole nitrogens is 2. The Hall–Kier alpha value is -2.60. The van der Waals surface area contributed by atoms with E-state index in [9.17, 15) is 9.59 Å². The van der Waals surface area contributed by atoms with Gasteiger partial charge < -0.3 is 9.88 Å². The summed E-state index contributed by atoms with van der Waals surface area (Å²) < 4.78 is 0. The molecule has 0 fully saturated rings. The highest BCUT2D eigenvalue weighted by molar-refractivity contribution is 6.35. The van der Waals surface area contributed by atoms with Gasteiger partial charge in [0.25, 0.3) is 5.56 Å². The first-order chi connectivity index (χ1) is 12.1. The summed E-state index contributed by atoms with van der Waals surface area (Å²) in [7, 11) is 0. The van der Waals surface area contributed by atoms with Gasteiger partial charge in [0, 0.05) is 55.1 Å². The number of nitrogens with zero attached hydrogens (tertiary/aromatic N) is 2. The van der Waals surface area contributed by atoms with E-state index < -0.39 is 0 Å². The van der Waals surface area contributed by atoms with E-state index in [1.807, 2.05) is 23.1 Å². The number of para-hydroxylation sites is 1. The van der Waals surface area contributed by atoms with Gasteiger partial charge >= 0.3 is 0 Å². The molecule has 1 aliphatic heterocycles. The standard InChI is InChI=1S/C18H17ClN4O2/c19-14-3-1-2-12-13-10-23(9-8-15(13)20-18(12)14)17(25)7-5-11-4-6-16(24)22-21-11/h1-4,6,20H,5,7-10H2,(H,22,24). The minimum Gasteiger partial charge on any atom is -0.357 e. The molecule has 7 heteroatoms. The molecule has 3 aromatic rings. The van der Waals surface area contributed by atoms with Crippen LogP contribution < -0.4 is 5.56 Å². The predicted octanol–water partition coefficient (Wildman–Crippen LogP) is 2.42. The smallest absolute Gasteiger partial charge is 0.264 e. The van der Waals surface area contributed by atoms with Crippen LogP contribution in [0.3, 0.4) is 0 Å². The molecule has 1 amide bonds. The number of aromatic amines is 2. The van der Waals surface area contributed by atoms with E-state index >= 15 is 0 Å². The molecule has 0 bridgehead atoms. The van der Waals surface area contributed by atoms with Gasteiger partial charge in [-0.2, -0.15) is 5.10 Å². The van der Waals surface area contributed by atoms with Crippen LogP contribution in [0.25, 0.3) is 10.9 Å². The highest BCUT2D eigenvalue weighted by atomic mass is 35.5. The molecule has 0 saturated carbocycles. The third-order valence-electron chi connectivity index (χ3n) is 4.64. The Kier molecular flexibility index (Phi) is 4.05. The van der Waals surface area contributed by atoms with Crippen molar-refractivity contribution in [1.82, 2.24) is 20.1 Å². The third-order valence-corrected chi connectivity index (χ3v) is 4.96. The van der Waals surface area contributed by atoms with Crippen LogP contribution in [0.5, 0.6) is 0 Å². The van der Waals surface area contributed by atoms with Gasteiger partial charge in [-0.15, -0.1) is 0 Å². The van der Waals surface area contributed by atoms with Gasteiger partial charge in [0.05, 0.1) is 16.2 Å². The van der Waals surface area contributed by atoms with Crippen LogP contribution in [0.2, 0.25) is 5.02 Å². The zero-order valence-electron chi connectivity index (χ0n) is 13.5. The van der Waals surface area contributed by atoms with Crippen molar-refractivity contribution in [3.63, 3.8) is 0 Å². The molecule has 1 aliphatic rings. The topological polar surface area (TPSA) is 81.8 Å². The summed E-state index contributed by atoms with van der Waals surface area (Å²) in [6, 6.07) is 8.92. The number of amides is 1. The fraction of sp³-hybridized carbons (Fsp3) is 0.278. The minimum absolute atomic E-state index is 0.0926. The van der Waals surface area contributed by atoms with Crippen molar-refractivity contribution in [1.29, 1.82) is 0 Å². The molecule has 0 aliphatic carbocycles. The monoisotopic (exact) mass is 356 g/mol. The molecule has 0 saturated heterocycles. The van der Waals surface area contributed by atoms with Crippen LogP contribution >= 0.6 is 11.6 Å². The zero-order valence-corrected chi connectivity index (χ0v) is 14.3. The second kappa shape index (κ2) is 6.37. The highest BCUT2D eigenvalue weighted by Gasteiger charge is 2.24. The molecular formula is C18H17ClN4O2. The largest absolute Gasteiger partial charge is 0.357 e. The van der Waals surface area contributed by atoms with Crippen molar-refractivity contribution in [3.8, 4) is 0 Å². The molecule has 0 spiro atoms. The molecule has 0 radical (unpaired) electrons. The molecule has 0 unspecified atom stereocenters. The Morgan fingerprint density at radius 3 is 2.96 bits per heavy atom. The SMILES string of the molecule is O=C(CCc1ccc(=O)[nH]n1)N1CCc2[nH]c3c(Cl)cccc3c2C1. The number of hydrogen-bond donors (Lipinski definition) is 2. The van der Waals surface area contributed by atoms with Crippen molar-refractivity contribution in [2.75, 3.05) is 6.54 Å². The summed E-state index contributed by atoms with van der Waals surface area (Å²) in [6.45, 7) is 1.28.